The highest BCUT2D eigenvalue weighted by molar-refractivity contribution is 7.91. The van der Waals surface area contributed by atoms with Crippen LogP contribution in [0.25, 0.3) is 6.08 Å². The minimum Gasteiger partial charge on any atom is -0.478 e. The Balaban J connectivity index is 2.77. The Morgan fingerprint density at radius 1 is 1.33 bits per heavy atom. The van der Waals surface area contributed by atoms with Gasteiger partial charge in [0.05, 0.1) is 0 Å². The van der Waals surface area contributed by atoms with Crippen LogP contribution in [-0.2, 0) is 26.0 Å². The second-order valence-electron chi connectivity index (χ2n) is 4.74. The van der Waals surface area contributed by atoms with Crippen LogP contribution < -0.4 is 0 Å². The Morgan fingerprint density at radius 2 is 2.00 bits per heavy atom. The first-order valence-electron chi connectivity index (χ1n) is 6.09. The van der Waals surface area contributed by atoms with Gasteiger partial charge in [0.15, 0.2) is 9.84 Å². The van der Waals surface area contributed by atoms with Gasteiger partial charge < -0.3 is 10.0 Å². The zero-order valence-electron chi connectivity index (χ0n) is 11.8. The van der Waals surface area contributed by atoms with Gasteiger partial charge in [-0.3, -0.25) is 4.79 Å². The lowest BCUT2D eigenvalue weighted by atomic mass is 10.1. The van der Waals surface area contributed by atoms with Gasteiger partial charge in [-0.05, 0) is 23.3 Å². The van der Waals surface area contributed by atoms with Gasteiger partial charge in [-0.2, -0.15) is 0 Å². The van der Waals surface area contributed by atoms with Crippen molar-refractivity contribution in [3.8, 4) is 0 Å². The molecular formula is C14H17NO5S. The summed E-state index contributed by atoms with van der Waals surface area (Å²) in [6.45, 7) is 0.253. The lowest BCUT2D eigenvalue weighted by molar-refractivity contribution is -0.131. The highest BCUT2D eigenvalue weighted by Gasteiger charge is 2.15. The highest BCUT2D eigenvalue weighted by Crippen LogP contribution is 2.09. The zero-order valence-corrected chi connectivity index (χ0v) is 12.6. The van der Waals surface area contributed by atoms with Crippen molar-refractivity contribution < 1.29 is 23.1 Å². The van der Waals surface area contributed by atoms with Gasteiger partial charge in [0.25, 0.3) is 0 Å². The van der Waals surface area contributed by atoms with E-state index < -0.39 is 27.5 Å². The van der Waals surface area contributed by atoms with Crippen LogP contribution in [0.5, 0.6) is 0 Å². The molecule has 0 saturated heterocycles. The zero-order chi connectivity index (χ0) is 16.0. The van der Waals surface area contributed by atoms with E-state index in [1.165, 1.54) is 18.0 Å². The molecule has 0 radical (unpaired) electrons. The van der Waals surface area contributed by atoms with Gasteiger partial charge in [0, 0.05) is 25.9 Å². The fraction of sp³-hybridized carbons (Fsp3) is 0.286. The Hall–Kier alpha value is -2.15. The summed E-state index contributed by atoms with van der Waals surface area (Å²) >= 11 is 0. The molecule has 0 aliphatic heterocycles. The van der Waals surface area contributed by atoms with Gasteiger partial charge in [0.1, 0.15) is 5.75 Å². The maximum Gasteiger partial charge on any atom is 0.328 e. The van der Waals surface area contributed by atoms with E-state index >= 15 is 0 Å². The second-order valence-corrected chi connectivity index (χ2v) is 6.88. The Labute approximate surface area is 123 Å². The smallest absolute Gasteiger partial charge is 0.328 e. The normalized spacial score (nSPS) is 11.5. The lowest BCUT2D eigenvalue weighted by Crippen LogP contribution is -2.31. The highest BCUT2D eigenvalue weighted by atomic mass is 32.2. The minimum absolute atomic E-state index is 0.253. The molecule has 1 rings (SSSR count). The summed E-state index contributed by atoms with van der Waals surface area (Å²) in [5.74, 6) is -2.05. The molecular weight excluding hydrogens is 294 g/mol. The Morgan fingerprint density at radius 3 is 2.57 bits per heavy atom. The topological polar surface area (TPSA) is 91.8 Å². The summed E-state index contributed by atoms with van der Waals surface area (Å²) in [4.78, 5) is 23.5. The van der Waals surface area contributed by atoms with Crippen LogP contribution >= 0.6 is 0 Å². The first-order chi connectivity index (χ1) is 9.67. The van der Waals surface area contributed by atoms with Crippen molar-refractivity contribution >= 4 is 27.8 Å². The van der Waals surface area contributed by atoms with E-state index in [1.54, 1.807) is 24.3 Å². The van der Waals surface area contributed by atoms with E-state index in [1.807, 2.05) is 0 Å². The molecule has 7 heteroatoms. The maximum absolute atomic E-state index is 11.7. The summed E-state index contributed by atoms with van der Waals surface area (Å²) in [6.07, 6.45) is 3.48. The number of amides is 1. The van der Waals surface area contributed by atoms with Gasteiger partial charge in [-0.15, -0.1) is 0 Å². The third-order valence-corrected chi connectivity index (χ3v) is 3.37. The molecule has 0 bridgehead atoms. The third kappa shape index (κ3) is 6.71. The van der Waals surface area contributed by atoms with Crippen molar-refractivity contribution in [3.63, 3.8) is 0 Å². The number of carbonyl (C=O) groups is 2. The average Bonchev–Trinajstić information content (AvgIpc) is 2.34. The number of aliphatic carboxylic acids is 1. The van der Waals surface area contributed by atoms with Gasteiger partial charge in [-0.1, -0.05) is 18.2 Å². The predicted octanol–water partition coefficient (Wildman–Crippen LogP) is 0.787. The predicted molar refractivity (Wildman–Crippen MR) is 79.3 cm³/mol. The number of hydrogen-bond acceptors (Lipinski definition) is 4. The summed E-state index contributed by atoms with van der Waals surface area (Å²) in [5, 5.41) is 8.57. The van der Waals surface area contributed by atoms with E-state index in [9.17, 15) is 18.0 Å². The summed E-state index contributed by atoms with van der Waals surface area (Å²) in [5.41, 5.74) is 1.48. The molecule has 114 valence electrons. The molecule has 0 aliphatic carbocycles. The van der Waals surface area contributed by atoms with Crippen molar-refractivity contribution in [2.45, 2.75) is 6.54 Å². The third-order valence-electron chi connectivity index (χ3n) is 2.60. The largest absolute Gasteiger partial charge is 0.478 e. The molecule has 1 amide bonds. The van der Waals surface area contributed by atoms with Crippen LogP contribution in [0.2, 0.25) is 0 Å². The molecule has 0 fully saturated rings. The van der Waals surface area contributed by atoms with Crippen LogP contribution in [-0.4, -0.2) is 49.4 Å². The average molecular weight is 311 g/mol. The molecule has 0 heterocycles. The summed E-state index contributed by atoms with van der Waals surface area (Å²) in [7, 11) is -1.83. The number of benzene rings is 1. The first-order valence-corrected chi connectivity index (χ1v) is 8.15. The molecule has 0 aromatic heterocycles. The monoisotopic (exact) mass is 311 g/mol. The molecule has 0 spiro atoms. The molecule has 21 heavy (non-hydrogen) atoms. The molecule has 1 aromatic carbocycles. The van der Waals surface area contributed by atoms with Crippen molar-refractivity contribution in [3.05, 3.63) is 41.5 Å². The van der Waals surface area contributed by atoms with Crippen LogP contribution in [0.15, 0.2) is 30.3 Å². The SMILES string of the molecule is CN(Cc1cccc(C=CC(=O)O)c1)C(=O)CS(C)(=O)=O. The summed E-state index contributed by atoms with van der Waals surface area (Å²) < 4.78 is 22.2. The van der Waals surface area contributed by atoms with Crippen LogP contribution in [0.3, 0.4) is 0 Å². The number of nitrogens with zero attached hydrogens (tertiary/aromatic N) is 1. The first kappa shape index (κ1) is 16.9. The Bertz CT molecular complexity index is 664. The Kier molecular flexibility index (Phi) is 5.66. The van der Waals surface area contributed by atoms with E-state index in [0.29, 0.717) is 5.56 Å². The van der Waals surface area contributed by atoms with Crippen LogP contribution in [0.1, 0.15) is 11.1 Å². The van der Waals surface area contributed by atoms with Gasteiger partial charge in [-0.25, -0.2) is 13.2 Å². The fourth-order valence-corrected chi connectivity index (χ4v) is 2.33. The standard InChI is InChI=1S/C14H17NO5S/c1-15(13(16)10-21(2,19)20)9-12-5-3-4-11(8-12)6-7-14(17)18/h3-8H,9-10H2,1-2H3,(H,17,18). The van der Waals surface area contributed by atoms with E-state index in [2.05, 4.69) is 0 Å². The fourth-order valence-electron chi connectivity index (χ4n) is 1.66. The minimum atomic E-state index is -3.35. The molecule has 0 aliphatic rings. The van der Waals surface area contributed by atoms with Gasteiger partial charge >= 0.3 is 5.97 Å². The van der Waals surface area contributed by atoms with Crippen LogP contribution in [0.4, 0.5) is 0 Å². The van der Waals surface area contributed by atoms with Crippen molar-refractivity contribution in [1.29, 1.82) is 0 Å². The second kappa shape index (κ2) is 7.03. The van der Waals surface area contributed by atoms with Gasteiger partial charge in [0.2, 0.25) is 5.91 Å². The molecule has 0 atom stereocenters. The molecule has 0 unspecified atom stereocenters. The number of rotatable bonds is 6. The number of carboxylic acid groups (broad SMARTS) is 1. The van der Waals surface area contributed by atoms with E-state index in [4.69, 9.17) is 5.11 Å². The number of hydrogen-bond donors (Lipinski definition) is 1. The summed E-state index contributed by atoms with van der Waals surface area (Å²) in [6, 6.07) is 7.00. The maximum atomic E-state index is 11.7. The van der Waals surface area contributed by atoms with E-state index in [0.717, 1.165) is 17.9 Å². The number of sulfone groups is 1. The lowest BCUT2D eigenvalue weighted by Gasteiger charge is -2.17. The van der Waals surface area contributed by atoms with E-state index in [-0.39, 0.29) is 6.54 Å². The van der Waals surface area contributed by atoms with Crippen molar-refractivity contribution in [1.82, 2.24) is 4.90 Å². The molecule has 1 N–H and O–H groups in total. The molecule has 6 nitrogen and oxygen atoms in total. The number of carbonyl (C=O) groups excluding carboxylic acids is 1. The molecule has 0 saturated carbocycles. The quantitative estimate of drug-likeness (QED) is 0.784. The van der Waals surface area contributed by atoms with Crippen LogP contribution in [0, 0.1) is 0 Å². The van der Waals surface area contributed by atoms with Crippen molar-refractivity contribution in [2.24, 2.45) is 0 Å². The van der Waals surface area contributed by atoms with Crippen molar-refractivity contribution in [2.75, 3.05) is 19.1 Å². The number of carboxylic acids is 1. The molecule has 1 aromatic rings.